The summed E-state index contributed by atoms with van der Waals surface area (Å²) in [4.78, 5) is 25.3. The van der Waals surface area contributed by atoms with Crippen LogP contribution in [0.1, 0.15) is 27.7 Å². The van der Waals surface area contributed by atoms with Gasteiger partial charge in [-0.15, -0.1) is 0 Å². The summed E-state index contributed by atoms with van der Waals surface area (Å²) in [6, 6.07) is 7.12. The van der Waals surface area contributed by atoms with Crippen molar-refractivity contribution in [2.45, 2.75) is 27.7 Å². The van der Waals surface area contributed by atoms with Crippen LogP contribution in [-0.4, -0.2) is 30.6 Å². The number of rotatable bonds is 5. The number of para-hydroxylation sites is 2. The van der Waals surface area contributed by atoms with E-state index < -0.39 is 17.3 Å². The first-order valence-corrected chi connectivity index (χ1v) is 6.86. The molecule has 116 valence electrons. The number of hydrogen-bond acceptors (Lipinski definition) is 3. The maximum Gasteiger partial charge on any atom is 0.308 e. The fourth-order valence-corrected chi connectivity index (χ4v) is 1.90. The zero-order valence-electron chi connectivity index (χ0n) is 13.2. The number of carbonyl (C=O) groups excluding carboxylic acids is 1. The van der Waals surface area contributed by atoms with Crippen molar-refractivity contribution in [3.63, 3.8) is 0 Å². The van der Waals surface area contributed by atoms with Gasteiger partial charge in [-0.25, -0.2) is 0 Å². The minimum absolute atomic E-state index is 0.103. The standard InChI is InChI=1S/C16H23NO4/c1-11(14(18)19)10-17(15(20)16(2,3)4)12-8-6-7-9-13(12)21-5/h6-9,11H,10H2,1-5H3,(H,18,19). The number of ether oxygens (including phenoxy) is 1. The minimum Gasteiger partial charge on any atom is -0.495 e. The number of carbonyl (C=O) groups is 2. The average molecular weight is 293 g/mol. The lowest BCUT2D eigenvalue weighted by molar-refractivity contribution is -0.140. The van der Waals surface area contributed by atoms with Crippen LogP contribution in [0.4, 0.5) is 5.69 Å². The Hall–Kier alpha value is -2.04. The molecule has 5 heteroatoms. The first kappa shape index (κ1) is 17.0. The van der Waals surface area contributed by atoms with Crippen LogP contribution >= 0.6 is 0 Å². The van der Waals surface area contributed by atoms with Crippen molar-refractivity contribution in [3.8, 4) is 5.75 Å². The highest BCUT2D eigenvalue weighted by molar-refractivity contribution is 5.98. The summed E-state index contributed by atoms with van der Waals surface area (Å²) in [5, 5.41) is 9.12. The predicted molar refractivity (Wildman–Crippen MR) is 81.6 cm³/mol. The Morgan fingerprint density at radius 2 is 1.86 bits per heavy atom. The zero-order chi connectivity index (χ0) is 16.2. The molecule has 0 aromatic heterocycles. The van der Waals surface area contributed by atoms with Crippen molar-refractivity contribution in [2.24, 2.45) is 11.3 Å². The maximum absolute atomic E-state index is 12.7. The number of carboxylic acids is 1. The molecule has 1 atom stereocenters. The third-order valence-electron chi connectivity index (χ3n) is 3.14. The molecular weight excluding hydrogens is 270 g/mol. The largest absolute Gasteiger partial charge is 0.495 e. The van der Waals surface area contributed by atoms with E-state index in [2.05, 4.69) is 0 Å². The van der Waals surface area contributed by atoms with Gasteiger partial charge in [0.2, 0.25) is 5.91 Å². The van der Waals surface area contributed by atoms with E-state index in [-0.39, 0.29) is 12.5 Å². The van der Waals surface area contributed by atoms with Crippen LogP contribution < -0.4 is 9.64 Å². The Labute approximate surface area is 125 Å². The summed E-state index contributed by atoms with van der Waals surface area (Å²) in [7, 11) is 1.53. The van der Waals surface area contributed by atoms with Crippen molar-refractivity contribution in [3.05, 3.63) is 24.3 Å². The highest BCUT2D eigenvalue weighted by Gasteiger charge is 2.31. The summed E-state index contributed by atoms with van der Waals surface area (Å²) in [5.41, 5.74) is -0.0213. The zero-order valence-corrected chi connectivity index (χ0v) is 13.2. The van der Waals surface area contributed by atoms with Crippen molar-refractivity contribution < 1.29 is 19.4 Å². The fraction of sp³-hybridized carbons (Fsp3) is 0.500. The van der Waals surface area contributed by atoms with Crippen LogP contribution in [0.5, 0.6) is 5.75 Å². The van der Waals surface area contributed by atoms with Gasteiger partial charge in [-0.1, -0.05) is 39.8 Å². The van der Waals surface area contributed by atoms with Gasteiger partial charge in [0.25, 0.3) is 0 Å². The first-order chi connectivity index (χ1) is 9.68. The first-order valence-electron chi connectivity index (χ1n) is 6.86. The number of anilines is 1. The molecule has 0 spiro atoms. The van der Waals surface area contributed by atoms with Crippen LogP contribution in [0.2, 0.25) is 0 Å². The van der Waals surface area contributed by atoms with Crippen LogP contribution in [0.15, 0.2) is 24.3 Å². The van der Waals surface area contributed by atoms with Crippen LogP contribution in [0.3, 0.4) is 0 Å². The van der Waals surface area contributed by atoms with Crippen molar-refractivity contribution in [1.29, 1.82) is 0 Å². The highest BCUT2D eigenvalue weighted by atomic mass is 16.5. The van der Waals surface area contributed by atoms with Gasteiger partial charge in [-0.05, 0) is 12.1 Å². The van der Waals surface area contributed by atoms with Gasteiger partial charge in [0.05, 0.1) is 18.7 Å². The molecule has 1 aromatic rings. The molecular formula is C16H23NO4. The van der Waals surface area contributed by atoms with Crippen molar-refractivity contribution >= 4 is 17.6 Å². The number of methoxy groups -OCH3 is 1. The summed E-state index contributed by atoms with van der Waals surface area (Å²) in [6.07, 6.45) is 0. The summed E-state index contributed by atoms with van der Waals surface area (Å²) in [5.74, 6) is -1.19. The smallest absolute Gasteiger partial charge is 0.308 e. The third-order valence-corrected chi connectivity index (χ3v) is 3.14. The Morgan fingerprint density at radius 3 is 2.33 bits per heavy atom. The van der Waals surface area contributed by atoms with Gasteiger partial charge in [0.15, 0.2) is 0 Å². The number of hydrogen-bond donors (Lipinski definition) is 1. The van der Waals surface area contributed by atoms with E-state index >= 15 is 0 Å². The predicted octanol–water partition coefficient (Wildman–Crippen LogP) is 2.80. The Balaban J connectivity index is 3.24. The monoisotopic (exact) mass is 293 g/mol. The molecule has 1 amide bonds. The van der Waals surface area contributed by atoms with Gasteiger partial charge in [0.1, 0.15) is 5.75 Å². The van der Waals surface area contributed by atoms with E-state index in [9.17, 15) is 9.59 Å². The quantitative estimate of drug-likeness (QED) is 0.906. The Morgan fingerprint density at radius 1 is 1.29 bits per heavy atom. The average Bonchev–Trinajstić information content (AvgIpc) is 2.42. The molecule has 1 aromatic carbocycles. The minimum atomic E-state index is -0.934. The van der Waals surface area contributed by atoms with Crippen LogP contribution in [0, 0.1) is 11.3 Å². The van der Waals surface area contributed by atoms with Gasteiger partial charge < -0.3 is 14.7 Å². The lowest BCUT2D eigenvalue weighted by Crippen LogP contribution is -2.43. The number of nitrogens with zero attached hydrogens (tertiary/aromatic N) is 1. The molecule has 1 unspecified atom stereocenters. The van der Waals surface area contributed by atoms with Crippen molar-refractivity contribution in [2.75, 3.05) is 18.6 Å². The van der Waals surface area contributed by atoms with Gasteiger partial charge >= 0.3 is 5.97 Å². The van der Waals surface area contributed by atoms with E-state index in [1.54, 1.807) is 25.1 Å². The SMILES string of the molecule is COc1ccccc1N(CC(C)C(=O)O)C(=O)C(C)(C)C. The van der Waals surface area contributed by atoms with Crippen molar-refractivity contribution in [1.82, 2.24) is 0 Å². The second kappa shape index (κ2) is 6.61. The molecule has 0 radical (unpaired) electrons. The van der Waals surface area contributed by atoms with Crippen LogP contribution in [0.25, 0.3) is 0 Å². The molecule has 21 heavy (non-hydrogen) atoms. The maximum atomic E-state index is 12.7. The number of carboxylic acid groups (broad SMARTS) is 1. The molecule has 0 aliphatic carbocycles. The molecule has 1 N–H and O–H groups in total. The molecule has 0 saturated carbocycles. The van der Waals surface area contributed by atoms with E-state index in [1.807, 2.05) is 26.8 Å². The van der Waals surface area contributed by atoms with Gasteiger partial charge in [-0.3, -0.25) is 9.59 Å². The van der Waals surface area contributed by atoms with E-state index in [0.717, 1.165) is 0 Å². The molecule has 0 saturated heterocycles. The molecule has 0 bridgehead atoms. The summed E-state index contributed by atoms with van der Waals surface area (Å²) >= 11 is 0. The fourth-order valence-electron chi connectivity index (χ4n) is 1.90. The molecule has 0 heterocycles. The second-order valence-electron chi connectivity index (χ2n) is 6.08. The van der Waals surface area contributed by atoms with Gasteiger partial charge in [0, 0.05) is 12.0 Å². The molecule has 1 rings (SSSR count). The third kappa shape index (κ3) is 4.21. The number of benzene rings is 1. The van der Waals surface area contributed by atoms with E-state index in [0.29, 0.717) is 11.4 Å². The number of amides is 1. The highest BCUT2D eigenvalue weighted by Crippen LogP contribution is 2.31. The lowest BCUT2D eigenvalue weighted by atomic mass is 9.93. The van der Waals surface area contributed by atoms with E-state index in [1.165, 1.54) is 12.0 Å². The molecule has 0 aliphatic rings. The molecule has 0 fully saturated rings. The topological polar surface area (TPSA) is 66.8 Å². The van der Waals surface area contributed by atoms with Crippen LogP contribution in [-0.2, 0) is 9.59 Å². The number of aliphatic carboxylic acids is 1. The summed E-state index contributed by atoms with van der Waals surface area (Å²) in [6.45, 7) is 7.11. The normalized spacial score (nSPS) is 12.6. The molecule has 0 aliphatic heterocycles. The van der Waals surface area contributed by atoms with Gasteiger partial charge in [-0.2, -0.15) is 0 Å². The Bertz CT molecular complexity index is 519. The Kier molecular flexibility index (Phi) is 5.35. The van der Waals surface area contributed by atoms with E-state index in [4.69, 9.17) is 9.84 Å². The second-order valence-corrected chi connectivity index (χ2v) is 6.08. The summed E-state index contributed by atoms with van der Waals surface area (Å²) < 4.78 is 5.29. The lowest BCUT2D eigenvalue weighted by Gasteiger charge is -2.31. The molecule has 5 nitrogen and oxygen atoms in total.